The zero-order valence-electron chi connectivity index (χ0n) is 17.4. The highest BCUT2D eigenvalue weighted by Crippen LogP contribution is 2.24. The third-order valence-electron chi connectivity index (χ3n) is 4.52. The molecule has 11 nitrogen and oxygen atoms in total. The number of pyridine rings is 1. The number of nitrogens with zero attached hydrogens (tertiary/aromatic N) is 6. The number of aromatic nitrogens is 4. The maximum absolute atomic E-state index is 12.1. The number of carbonyl (C=O) groups is 1. The summed E-state index contributed by atoms with van der Waals surface area (Å²) >= 11 is 5.91. The number of hydrazone groups is 1. The van der Waals surface area contributed by atoms with Crippen molar-refractivity contribution in [2.75, 3.05) is 0 Å². The molecular weight excluding hydrogens is 462 g/mol. The standard InChI is InChI=1S/C22H16ClN7O4/c23-17-1-3-19(4-2-17)29-13-18(26-28-29)14-34-21-6-5-20(30(32)33)11-16(21)12-25-27-22(31)15-7-9-24-10-8-15/h1-13H,14H2,(H,27,31)/b25-12+. The molecule has 0 radical (unpaired) electrons. The Hall–Kier alpha value is -4.64. The molecule has 0 saturated heterocycles. The van der Waals surface area contributed by atoms with E-state index in [0.29, 0.717) is 27.6 Å². The second-order valence-corrected chi connectivity index (χ2v) is 7.27. The second kappa shape index (κ2) is 10.3. The normalized spacial score (nSPS) is 10.9. The molecule has 0 saturated carbocycles. The first-order valence-corrected chi connectivity index (χ1v) is 10.2. The topological polar surface area (TPSA) is 137 Å². The van der Waals surface area contributed by atoms with Gasteiger partial charge in [-0.2, -0.15) is 5.10 Å². The monoisotopic (exact) mass is 477 g/mol. The molecule has 0 aliphatic heterocycles. The zero-order chi connectivity index (χ0) is 23.9. The van der Waals surface area contributed by atoms with Gasteiger partial charge in [0.2, 0.25) is 0 Å². The number of hydrogen-bond donors (Lipinski definition) is 1. The predicted molar refractivity (Wildman–Crippen MR) is 123 cm³/mol. The Kier molecular flexibility index (Phi) is 6.84. The second-order valence-electron chi connectivity index (χ2n) is 6.83. The van der Waals surface area contributed by atoms with Gasteiger partial charge >= 0.3 is 0 Å². The molecule has 0 fully saturated rings. The van der Waals surface area contributed by atoms with Crippen LogP contribution in [-0.2, 0) is 6.61 Å². The molecule has 4 aromatic rings. The van der Waals surface area contributed by atoms with Gasteiger partial charge in [0.05, 0.1) is 23.0 Å². The Morgan fingerprint density at radius 3 is 2.68 bits per heavy atom. The number of rotatable bonds is 8. The Morgan fingerprint density at radius 2 is 1.94 bits per heavy atom. The minimum absolute atomic E-state index is 0.0512. The van der Waals surface area contributed by atoms with Crippen LogP contribution in [0, 0.1) is 10.1 Å². The lowest BCUT2D eigenvalue weighted by atomic mass is 10.2. The summed E-state index contributed by atoms with van der Waals surface area (Å²) in [7, 11) is 0. The van der Waals surface area contributed by atoms with E-state index in [1.165, 1.54) is 48.9 Å². The molecule has 34 heavy (non-hydrogen) atoms. The highest BCUT2D eigenvalue weighted by atomic mass is 35.5. The van der Waals surface area contributed by atoms with Crippen LogP contribution in [0.3, 0.4) is 0 Å². The molecule has 0 unspecified atom stereocenters. The van der Waals surface area contributed by atoms with Gasteiger partial charge < -0.3 is 4.74 Å². The van der Waals surface area contributed by atoms with Crippen molar-refractivity contribution in [3.63, 3.8) is 0 Å². The van der Waals surface area contributed by atoms with E-state index in [1.54, 1.807) is 35.1 Å². The lowest BCUT2D eigenvalue weighted by Gasteiger charge is -2.07. The summed E-state index contributed by atoms with van der Waals surface area (Å²) in [6.07, 6.45) is 5.92. The number of hydrogen-bond acceptors (Lipinski definition) is 8. The van der Waals surface area contributed by atoms with Crippen LogP contribution in [0.1, 0.15) is 21.6 Å². The summed E-state index contributed by atoms with van der Waals surface area (Å²) < 4.78 is 7.37. The van der Waals surface area contributed by atoms with E-state index >= 15 is 0 Å². The van der Waals surface area contributed by atoms with E-state index in [1.807, 2.05) is 0 Å². The van der Waals surface area contributed by atoms with Gasteiger partial charge in [-0.3, -0.25) is 19.9 Å². The van der Waals surface area contributed by atoms with Crippen molar-refractivity contribution < 1.29 is 14.5 Å². The van der Waals surface area contributed by atoms with Crippen molar-refractivity contribution in [2.24, 2.45) is 5.10 Å². The molecule has 1 amide bonds. The van der Waals surface area contributed by atoms with E-state index in [-0.39, 0.29) is 12.3 Å². The van der Waals surface area contributed by atoms with Gasteiger partial charge in [0.25, 0.3) is 11.6 Å². The van der Waals surface area contributed by atoms with E-state index in [9.17, 15) is 14.9 Å². The molecular formula is C22H16ClN7O4. The third-order valence-corrected chi connectivity index (χ3v) is 4.78. The summed E-state index contributed by atoms with van der Waals surface area (Å²) in [5.41, 5.74) is 4.19. The van der Waals surface area contributed by atoms with Crippen LogP contribution in [-0.4, -0.2) is 37.0 Å². The van der Waals surface area contributed by atoms with Crippen molar-refractivity contribution in [1.29, 1.82) is 0 Å². The number of amides is 1. The van der Waals surface area contributed by atoms with Gasteiger partial charge in [-0.25, -0.2) is 10.1 Å². The minimum atomic E-state index is -0.533. The number of non-ortho nitro benzene ring substituents is 1. The van der Waals surface area contributed by atoms with E-state index in [0.717, 1.165) is 5.69 Å². The number of benzene rings is 2. The molecule has 0 atom stereocenters. The summed E-state index contributed by atoms with van der Waals surface area (Å²) in [4.78, 5) is 26.6. The van der Waals surface area contributed by atoms with Crippen LogP contribution < -0.4 is 10.2 Å². The van der Waals surface area contributed by atoms with Crippen molar-refractivity contribution >= 4 is 29.4 Å². The van der Waals surface area contributed by atoms with Gasteiger partial charge in [0, 0.05) is 40.7 Å². The van der Waals surface area contributed by atoms with Crippen molar-refractivity contribution in [3.05, 3.63) is 105 Å². The van der Waals surface area contributed by atoms with Crippen molar-refractivity contribution in [3.8, 4) is 11.4 Å². The van der Waals surface area contributed by atoms with Crippen LogP contribution in [0.4, 0.5) is 5.69 Å². The summed E-state index contributed by atoms with van der Waals surface area (Å²) in [5, 5.41) is 23.8. The smallest absolute Gasteiger partial charge is 0.271 e. The van der Waals surface area contributed by atoms with Crippen molar-refractivity contribution in [1.82, 2.24) is 25.4 Å². The zero-order valence-corrected chi connectivity index (χ0v) is 18.2. The molecule has 0 spiro atoms. The average Bonchev–Trinajstić information content (AvgIpc) is 3.33. The molecule has 2 aromatic heterocycles. The summed E-state index contributed by atoms with van der Waals surface area (Å²) in [6.45, 7) is 0.0512. The van der Waals surface area contributed by atoms with E-state index in [4.69, 9.17) is 16.3 Å². The molecule has 4 rings (SSSR count). The van der Waals surface area contributed by atoms with Gasteiger partial charge in [0.1, 0.15) is 18.1 Å². The minimum Gasteiger partial charge on any atom is -0.486 e. The molecule has 0 aliphatic rings. The maximum atomic E-state index is 12.1. The van der Waals surface area contributed by atoms with E-state index < -0.39 is 10.8 Å². The number of carbonyl (C=O) groups excluding carboxylic acids is 1. The first-order valence-electron chi connectivity index (χ1n) is 9.81. The van der Waals surface area contributed by atoms with Gasteiger partial charge in [-0.15, -0.1) is 5.10 Å². The van der Waals surface area contributed by atoms with Crippen LogP contribution in [0.2, 0.25) is 5.02 Å². The van der Waals surface area contributed by atoms with Crippen molar-refractivity contribution in [2.45, 2.75) is 6.61 Å². The lowest BCUT2D eigenvalue weighted by molar-refractivity contribution is -0.384. The lowest BCUT2D eigenvalue weighted by Crippen LogP contribution is -2.17. The summed E-state index contributed by atoms with van der Waals surface area (Å²) in [6, 6.07) is 14.2. The number of nitro groups is 1. The molecule has 1 N–H and O–H groups in total. The third kappa shape index (κ3) is 5.58. The van der Waals surface area contributed by atoms with Gasteiger partial charge in [0.15, 0.2) is 0 Å². The van der Waals surface area contributed by atoms with Crippen LogP contribution in [0.5, 0.6) is 5.75 Å². The Labute approximate surface area is 197 Å². The fraction of sp³-hybridized carbons (Fsp3) is 0.0455. The number of ether oxygens (including phenoxy) is 1. The first kappa shape index (κ1) is 22.6. The molecule has 0 bridgehead atoms. The molecule has 170 valence electrons. The Morgan fingerprint density at radius 1 is 1.18 bits per heavy atom. The first-order chi connectivity index (χ1) is 16.5. The highest BCUT2D eigenvalue weighted by Gasteiger charge is 2.12. The fourth-order valence-corrected chi connectivity index (χ4v) is 2.97. The van der Waals surface area contributed by atoms with Crippen LogP contribution in [0.25, 0.3) is 5.69 Å². The van der Waals surface area contributed by atoms with Gasteiger partial charge in [-0.05, 0) is 42.5 Å². The summed E-state index contributed by atoms with van der Waals surface area (Å²) in [5.74, 6) is -0.140. The fourth-order valence-electron chi connectivity index (χ4n) is 2.85. The van der Waals surface area contributed by atoms with Crippen LogP contribution in [0.15, 0.2) is 78.3 Å². The number of nitro benzene ring substituents is 1. The van der Waals surface area contributed by atoms with Gasteiger partial charge in [-0.1, -0.05) is 16.8 Å². The largest absolute Gasteiger partial charge is 0.486 e. The SMILES string of the molecule is O=C(N/N=C/c1cc([N+](=O)[O-])ccc1OCc1cn(-c2ccc(Cl)cc2)nn1)c1ccncc1. The molecule has 2 aromatic carbocycles. The Bertz CT molecular complexity index is 1340. The number of nitrogens with one attached hydrogen (secondary N) is 1. The maximum Gasteiger partial charge on any atom is 0.271 e. The Balaban J connectivity index is 1.47. The molecule has 2 heterocycles. The average molecular weight is 478 g/mol. The quantitative estimate of drug-likeness (QED) is 0.232. The van der Waals surface area contributed by atoms with Crippen LogP contribution >= 0.6 is 11.6 Å². The highest BCUT2D eigenvalue weighted by molar-refractivity contribution is 6.30. The van der Waals surface area contributed by atoms with E-state index in [2.05, 4.69) is 25.8 Å². The molecule has 0 aliphatic carbocycles. The number of halogens is 1. The molecule has 12 heteroatoms. The predicted octanol–water partition coefficient (Wildman–Crippen LogP) is 3.57.